The summed E-state index contributed by atoms with van der Waals surface area (Å²) in [6.45, 7) is 0. The Morgan fingerprint density at radius 1 is 0.537 bits per heavy atom. The second-order valence-corrected chi connectivity index (χ2v) is 17.7. The predicted octanol–water partition coefficient (Wildman–Crippen LogP) is 11.3. The van der Waals surface area contributed by atoms with Crippen molar-refractivity contribution in [2.75, 3.05) is 6.16 Å². The molecule has 4 rings (SSSR count). The Morgan fingerprint density at radius 2 is 0.780 bits per heavy atom. The molecule has 246 valence electrons. The van der Waals surface area contributed by atoms with E-state index < -0.39 is 21.7 Å². The molecule has 41 heavy (non-hydrogen) atoms. The van der Waals surface area contributed by atoms with E-state index >= 15 is 0 Å². The molecule has 0 saturated heterocycles. The van der Waals surface area contributed by atoms with E-state index in [0.717, 1.165) is 18.0 Å². The molecule has 4 aliphatic rings. The van der Waals surface area contributed by atoms with Crippen molar-refractivity contribution < 1.29 is 39.1 Å². The van der Waals surface area contributed by atoms with Crippen molar-refractivity contribution in [3.05, 3.63) is 0 Å². The molecule has 0 aliphatic heterocycles. The fourth-order valence-corrected chi connectivity index (χ4v) is 14.0. The number of halogens is 8. The minimum absolute atomic E-state index is 0. The second kappa shape index (κ2) is 18.6. The summed E-state index contributed by atoms with van der Waals surface area (Å²) >= 11 is 0. The highest BCUT2D eigenvalue weighted by Gasteiger charge is 2.49. The van der Waals surface area contributed by atoms with Crippen molar-refractivity contribution >= 4 is 40.8 Å². The van der Waals surface area contributed by atoms with Gasteiger partial charge < -0.3 is 39.1 Å². The van der Waals surface area contributed by atoms with Crippen LogP contribution in [0.25, 0.3) is 0 Å². The zero-order valence-corrected chi connectivity index (χ0v) is 29.4. The SMILES string of the molecule is F[B-](F)(F)F.F[B-](F)(F)F.O=P(CCC([PH3+])(C1CCCCC1)C1CCCCC1)(C1CCCCC1)C1CCCCC1.[PH4+]. The van der Waals surface area contributed by atoms with E-state index in [9.17, 15) is 39.1 Å². The summed E-state index contributed by atoms with van der Waals surface area (Å²) in [5.41, 5.74) is 1.19. The van der Waals surface area contributed by atoms with E-state index in [4.69, 9.17) is 0 Å². The van der Waals surface area contributed by atoms with Gasteiger partial charge in [0.25, 0.3) is 0 Å². The Bertz CT molecular complexity index is 684. The predicted molar refractivity (Wildman–Crippen MR) is 171 cm³/mol. The first-order valence-corrected chi connectivity index (χ1v) is 18.5. The molecule has 0 aromatic heterocycles. The molecule has 14 heteroatoms. The van der Waals surface area contributed by atoms with Gasteiger partial charge in [-0.1, -0.05) is 77.0 Å². The minimum atomic E-state index is -6.00. The normalized spacial score (nSPS) is 23.0. The van der Waals surface area contributed by atoms with E-state index in [0.29, 0.717) is 16.5 Å². The molecule has 0 radical (unpaired) electrons. The Balaban J connectivity index is 0.000000661. The maximum absolute atomic E-state index is 14.9. The van der Waals surface area contributed by atoms with E-state index in [1.165, 1.54) is 135 Å². The quantitative estimate of drug-likeness (QED) is 0.151. The number of hydrogen-bond acceptors (Lipinski definition) is 1. The summed E-state index contributed by atoms with van der Waals surface area (Å²) in [5.74, 6) is 1.86. The Kier molecular flexibility index (Phi) is 18.0. The van der Waals surface area contributed by atoms with Crippen LogP contribution < -0.4 is 0 Å². The second-order valence-electron chi connectivity index (χ2n) is 12.8. The van der Waals surface area contributed by atoms with Crippen LogP contribution >= 0.6 is 26.3 Å². The molecule has 0 N–H and O–H groups in total. The maximum Gasteiger partial charge on any atom is 0.673 e. The van der Waals surface area contributed by atoms with Gasteiger partial charge in [0, 0.05) is 17.5 Å². The van der Waals surface area contributed by atoms with Gasteiger partial charge in [0.15, 0.2) is 0 Å². The molecule has 2 atom stereocenters. The van der Waals surface area contributed by atoms with Crippen LogP contribution in [0.2, 0.25) is 0 Å². The monoisotopic (exact) mass is 662 g/mol. The third kappa shape index (κ3) is 15.0. The molecule has 4 aliphatic carbocycles. The topological polar surface area (TPSA) is 17.1 Å². The highest BCUT2D eigenvalue weighted by molar-refractivity contribution is 7.65. The summed E-state index contributed by atoms with van der Waals surface area (Å²) in [6, 6.07) is 0. The van der Waals surface area contributed by atoms with Crippen molar-refractivity contribution in [3.63, 3.8) is 0 Å². The Hall–Kier alpha value is 0.660. The van der Waals surface area contributed by atoms with Gasteiger partial charge in [-0.25, -0.2) is 0 Å². The van der Waals surface area contributed by atoms with E-state index in [1.807, 2.05) is 0 Å². The third-order valence-corrected chi connectivity index (χ3v) is 16.1. The molecule has 0 spiro atoms. The Morgan fingerprint density at radius 3 is 1.05 bits per heavy atom. The van der Waals surface area contributed by atoms with Gasteiger partial charge in [-0.2, -0.15) is 0 Å². The van der Waals surface area contributed by atoms with Crippen LogP contribution in [-0.4, -0.2) is 37.1 Å². The molecule has 4 saturated carbocycles. The lowest BCUT2D eigenvalue weighted by Crippen LogP contribution is -2.43. The highest BCUT2D eigenvalue weighted by atomic mass is 31.2. The largest absolute Gasteiger partial charge is 0.673 e. The average molecular weight is 662 g/mol. The van der Waals surface area contributed by atoms with Gasteiger partial charge in [-0.3, -0.25) is 0 Å². The molecule has 1 nitrogen and oxygen atoms in total. The van der Waals surface area contributed by atoms with Crippen molar-refractivity contribution in [2.45, 2.75) is 151 Å². The lowest BCUT2D eigenvalue weighted by atomic mass is 9.68. The van der Waals surface area contributed by atoms with E-state index in [1.54, 1.807) is 0 Å². The van der Waals surface area contributed by atoms with Gasteiger partial charge in [-0.15, -0.1) is 0 Å². The van der Waals surface area contributed by atoms with Gasteiger partial charge in [0.1, 0.15) is 0 Å². The van der Waals surface area contributed by atoms with Crippen LogP contribution in [-0.2, 0) is 4.57 Å². The van der Waals surface area contributed by atoms with Gasteiger partial charge >= 0.3 is 14.5 Å². The summed E-state index contributed by atoms with van der Waals surface area (Å²) in [7, 11) is -11.6. The van der Waals surface area contributed by atoms with Crippen molar-refractivity contribution in [2.24, 2.45) is 11.8 Å². The number of rotatable bonds is 7. The molecule has 0 amide bonds. The first-order valence-electron chi connectivity index (χ1n) is 15.8. The van der Waals surface area contributed by atoms with Crippen LogP contribution in [0.1, 0.15) is 135 Å². The average Bonchev–Trinajstić information content (AvgIpc) is 2.92. The van der Waals surface area contributed by atoms with Gasteiger partial charge in [0.2, 0.25) is 0 Å². The summed E-state index contributed by atoms with van der Waals surface area (Å²) in [4.78, 5) is 0. The molecule has 0 heterocycles. The van der Waals surface area contributed by atoms with Crippen LogP contribution in [0.15, 0.2) is 0 Å². The molecule has 4 fully saturated rings. The smallest absolute Gasteiger partial charge is 0.418 e. The van der Waals surface area contributed by atoms with E-state index in [2.05, 4.69) is 9.24 Å². The highest BCUT2D eigenvalue weighted by Crippen LogP contribution is 2.65. The summed E-state index contributed by atoms with van der Waals surface area (Å²) < 4.78 is 92.9. The third-order valence-electron chi connectivity index (χ3n) is 10.1. The van der Waals surface area contributed by atoms with Gasteiger partial charge in [0.05, 0.1) is 12.3 Å². The first kappa shape index (κ1) is 39.7. The van der Waals surface area contributed by atoms with E-state index in [-0.39, 0.29) is 9.90 Å². The Labute approximate surface area is 249 Å². The summed E-state index contributed by atoms with van der Waals surface area (Å²) in [5, 5.41) is 0.500. The molecule has 2 unspecified atom stereocenters. The van der Waals surface area contributed by atoms with Crippen LogP contribution in [0.3, 0.4) is 0 Å². The summed E-state index contributed by atoms with van der Waals surface area (Å²) in [6.07, 6.45) is 30.4. The molecular formula is C27H55B2F8OP3. The maximum atomic E-state index is 14.9. The lowest BCUT2D eigenvalue weighted by molar-refractivity contribution is 0.170. The zero-order chi connectivity index (χ0) is 29.9. The number of hydrogen-bond donors (Lipinski definition) is 0. The standard InChI is InChI=1S/C27H50OP2.2BF4.H3P/c28-30(25-17-9-3-10-18-25,26-19-11-4-12-20-26)22-21-27(29,23-13-5-1-6-14-23)24-15-7-2-8-16-24;2*2-1(3,4)5;/h23-26H,1-22,29H2;;;1H3/q;2*-1;/p+2. The van der Waals surface area contributed by atoms with Crippen LogP contribution in [0, 0.1) is 11.8 Å². The fraction of sp³-hybridized carbons (Fsp3) is 1.00. The minimum Gasteiger partial charge on any atom is -0.418 e. The first-order chi connectivity index (χ1) is 18.6. The van der Waals surface area contributed by atoms with Crippen molar-refractivity contribution in [1.82, 2.24) is 0 Å². The van der Waals surface area contributed by atoms with Crippen molar-refractivity contribution in [3.8, 4) is 0 Å². The van der Waals surface area contributed by atoms with Crippen LogP contribution in [0.4, 0.5) is 34.5 Å². The fourth-order valence-electron chi connectivity index (χ4n) is 8.18. The molecular weight excluding hydrogens is 607 g/mol. The molecule has 0 aromatic rings. The molecule has 0 aromatic carbocycles. The van der Waals surface area contributed by atoms with Gasteiger partial charge in [-0.05, 0) is 88.8 Å². The van der Waals surface area contributed by atoms with Crippen LogP contribution in [0.5, 0.6) is 0 Å². The van der Waals surface area contributed by atoms with Crippen molar-refractivity contribution in [1.29, 1.82) is 0 Å². The zero-order valence-electron chi connectivity index (χ0n) is 25.1. The molecule has 0 bridgehead atoms. The lowest BCUT2D eigenvalue weighted by Gasteiger charge is -2.45.